The van der Waals surface area contributed by atoms with Gasteiger partial charge in [-0.3, -0.25) is 0 Å². The summed E-state index contributed by atoms with van der Waals surface area (Å²) in [6, 6.07) is 14.4. The van der Waals surface area contributed by atoms with Gasteiger partial charge in [-0.25, -0.2) is 0 Å². The number of rotatable bonds is 1. The maximum Gasteiger partial charge on any atom is 0.105 e. The first kappa shape index (κ1) is 13.9. The molecule has 1 aromatic rings. The molecule has 1 aliphatic heterocycles. The Balaban J connectivity index is 2.75. The highest BCUT2D eigenvalue weighted by molar-refractivity contribution is 5.50. The Morgan fingerprint density at radius 2 is 1.85 bits per heavy atom. The van der Waals surface area contributed by atoms with Crippen molar-refractivity contribution < 1.29 is 0 Å². The van der Waals surface area contributed by atoms with Gasteiger partial charge in [-0.1, -0.05) is 36.9 Å². The maximum atomic E-state index is 9.70. The van der Waals surface area contributed by atoms with Crippen LogP contribution in [0.1, 0.15) is 25.3 Å². The van der Waals surface area contributed by atoms with Gasteiger partial charge >= 0.3 is 0 Å². The zero-order valence-corrected chi connectivity index (χ0v) is 12.0. The smallest absolute Gasteiger partial charge is 0.105 e. The van der Waals surface area contributed by atoms with Gasteiger partial charge in [-0.05, 0) is 19.4 Å². The first-order valence-corrected chi connectivity index (χ1v) is 6.47. The Kier molecular flexibility index (Phi) is 3.38. The number of nitrogens with zero attached hydrogens (tertiary/aromatic N) is 3. The Hall–Kier alpha value is -2.52. The Morgan fingerprint density at radius 1 is 1.25 bits per heavy atom. The molecule has 2 atom stereocenters. The Labute approximate surface area is 120 Å². The molecule has 1 heterocycles. The van der Waals surface area contributed by atoms with Crippen molar-refractivity contribution >= 4 is 0 Å². The monoisotopic (exact) mass is 263 g/mol. The van der Waals surface area contributed by atoms with Crippen molar-refractivity contribution in [2.24, 2.45) is 5.41 Å². The molecule has 0 unspecified atom stereocenters. The zero-order valence-electron chi connectivity index (χ0n) is 12.0. The third-order valence-corrected chi connectivity index (χ3v) is 4.25. The van der Waals surface area contributed by atoms with Crippen molar-refractivity contribution in [2.75, 3.05) is 7.05 Å². The first-order valence-electron chi connectivity index (χ1n) is 6.47. The Bertz CT molecular complexity index is 658. The van der Waals surface area contributed by atoms with E-state index in [0.29, 0.717) is 5.57 Å². The largest absolute Gasteiger partial charge is 0.350 e. The molecule has 100 valence electrons. The minimum absolute atomic E-state index is 0.276. The summed E-state index contributed by atoms with van der Waals surface area (Å²) >= 11 is 0. The van der Waals surface area contributed by atoms with Crippen LogP contribution in [0.15, 0.2) is 53.9 Å². The fourth-order valence-corrected chi connectivity index (χ4v) is 2.82. The second-order valence-electron chi connectivity index (χ2n) is 5.27. The van der Waals surface area contributed by atoms with Gasteiger partial charge in [0.25, 0.3) is 0 Å². The summed E-state index contributed by atoms with van der Waals surface area (Å²) < 4.78 is 0. The number of hydrogen-bond acceptors (Lipinski definition) is 3. The van der Waals surface area contributed by atoms with Crippen LogP contribution in [0.5, 0.6) is 0 Å². The molecule has 0 aliphatic carbocycles. The van der Waals surface area contributed by atoms with Crippen LogP contribution in [0.3, 0.4) is 0 Å². The van der Waals surface area contributed by atoms with Crippen molar-refractivity contribution in [3.8, 4) is 12.1 Å². The minimum Gasteiger partial charge on any atom is -0.350 e. The summed E-state index contributed by atoms with van der Waals surface area (Å²) in [5, 5.41) is 19.3. The maximum absolute atomic E-state index is 9.70. The van der Waals surface area contributed by atoms with Crippen molar-refractivity contribution in [3.05, 3.63) is 59.4 Å². The van der Waals surface area contributed by atoms with Crippen LogP contribution in [0.4, 0.5) is 0 Å². The lowest BCUT2D eigenvalue weighted by Crippen LogP contribution is -2.39. The van der Waals surface area contributed by atoms with E-state index in [1.165, 1.54) is 0 Å². The molecule has 0 radical (unpaired) electrons. The summed E-state index contributed by atoms with van der Waals surface area (Å²) in [5.41, 5.74) is 2.38. The van der Waals surface area contributed by atoms with Gasteiger partial charge in [0.15, 0.2) is 0 Å². The second-order valence-corrected chi connectivity index (χ2v) is 5.27. The normalized spacial score (nSPS) is 26.1. The predicted octanol–water partition coefficient (Wildman–Crippen LogP) is 3.56. The van der Waals surface area contributed by atoms with Gasteiger partial charge in [0.1, 0.15) is 5.41 Å². The average Bonchev–Trinajstić information content (AvgIpc) is 2.49. The van der Waals surface area contributed by atoms with E-state index in [-0.39, 0.29) is 5.92 Å². The van der Waals surface area contributed by atoms with Gasteiger partial charge in [-0.15, -0.1) is 0 Å². The lowest BCUT2D eigenvalue weighted by molar-refractivity contribution is 0.313. The van der Waals surface area contributed by atoms with Gasteiger partial charge in [-0.2, -0.15) is 10.5 Å². The highest BCUT2D eigenvalue weighted by atomic mass is 15.1. The van der Waals surface area contributed by atoms with Gasteiger partial charge in [0, 0.05) is 24.4 Å². The Morgan fingerprint density at radius 3 is 2.35 bits per heavy atom. The molecule has 3 nitrogen and oxygen atoms in total. The third kappa shape index (κ3) is 1.80. The number of benzene rings is 1. The SMILES string of the molecule is C=C1N(C)C(C)=C(C#N)[C@@H](c2ccccc2)[C@@]1(C)C#N. The second kappa shape index (κ2) is 4.87. The van der Waals surface area contributed by atoms with E-state index in [2.05, 4.69) is 18.7 Å². The van der Waals surface area contributed by atoms with Crippen LogP contribution in [-0.4, -0.2) is 11.9 Å². The summed E-state index contributed by atoms with van der Waals surface area (Å²) in [6.07, 6.45) is 0. The lowest BCUT2D eigenvalue weighted by Gasteiger charge is -2.43. The molecule has 0 saturated carbocycles. The molecular weight excluding hydrogens is 246 g/mol. The summed E-state index contributed by atoms with van der Waals surface area (Å²) in [6.45, 7) is 7.83. The predicted molar refractivity (Wildman–Crippen MR) is 78.1 cm³/mol. The molecular formula is C17H17N3. The lowest BCUT2D eigenvalue weighted by atomic mass is 9.66. The van der Waals surface area contributed by atoms with E-state index in [9.17, 15) is 10.5 Å². The van der Waals surface area contributed by atoms with Crippen LogP contribution in [0.25, 0.3) is 0 Å². The molecule has 0 amide bonds. The molecule has 0 aromatic heterocycles. The van der Waals surface area contributed by atoms with E-state index in [1.54, 1.807) is 0 Å². The van der Waals surface area contributed by atoms with E-state index in [1.807, 2.05) is 56.1 Å². The van der Waals surface area contributed by atoms with Crippen molar-refractivity contribution in [3.63, 3.8) is 0 Å². The molecule has 3 heteroatoms. The van der Waals surface area contributed by atoms with Crippen molar-refractivity contribution in [2.45, 2.75) is 19.8 Å². The first-order chi connectivity index (χ1) is 9.47. The number of allylic oxidation sites excluding steroid dienone is 3. The van der Waals surface area contributed by atoms with Gasteiger partial charge in [0.2, 0.25) is 0 Å². The topological polar surface area (TPSA) is 50.8 Å². The van der Waals surface area contributed by atoms with E-state index < -0.39 is 5.41 Å². The standard InChI is InChI=1S/C17H17N3/c1-12-15(10-18)16(14-8-6-5-7-9-14)17(3,11-19)13(2)20(12)4/h5-9,16H,2H2,1,3-4H3/t16-,17+/m1/s1. The van der Waals surface area contributed by atoms with Crippen molar-refractivity contribution in [1.82, 2.24) is 4.90 Å². The highest BCUT2D eigenvalue weighted by Gasteiger charge is 2.46. The summed E-state index contributed by atoms with van der Waals surface area (Å²) in [5.74, 6) is -0.276. The molecule has 0 bridgehead atoms. The van der Waals surface area contributed by atoms with Crippen molar-refractivity contribution in [1.29, 1.82) is 10.5 Å². The van der Waals surface area contributed by atoms with E-state index >= 15 is 0 Å². The minimum atomic E-state index is -0.819. The third-order valence-electron chi connectivity index (χ3n) is 4.25. The molecule has 0 fully saturated rings. The van der Waals surface area contributed by atoms with Crippen LogP contribution >= 0.6 is 0 Å². The van der Waals surface area contributed by atoms with Crippen LogP contribution < -0.4 is 0 Å². The number of nitriles is 2. The number of hydrogen-bond donors (Lipinski definition) is 0. The fourth-order valence-electron chi connectivity index (χ4n) is 2.82. The van der Waals surface area contributed by atoms with Gasteiger partial charge < -0.3 is 4.90 Å². The molecule has 1 aliphatic rings. The molecule has 1 aromatic carbocycles. The quantitative estimate of drug-likeness (QED) is 0.778. The molecule has 2 rings (SSSR count). The average molecular weight is 263 g/mol. The van der Waals surface area contributed by atoms with Crippen LogP contribution in [0.2, 0.25) is 0 Å². The molecule has 0 N–H and O–H groups in total. The van der Waals surface area contributed by atoms with Gasteiger partial charge in [0.05, 0.1) is 17.7 Å². The highest BCUT2D eigenvalue weighted by Crippen LogP contribution is 2.51. The van der Waals surface area contributed by atoms with E-state index in [0.717, 1.165) is 17.0 Å². The molecule has 0 spiro atoms. The van der Waals surface area contributed by atoms with E-state index in [4.69, 9.17) is 0 Å². The van der Waals surface area contributed by atoms with Crippen LogP contribution in [-0.2, 0) is 0 Å². The summed E-state index contributed by atoms with van der Waals surface area (Å²) in [7, 11) is 1.85. The molecule has 20 heavy (non-hydrogen) atoms. The fraction of sp³-hybridized carbons (Fsp3) is 0.294. The van der Waals surface area contributed by atoms with Crippen LogP contribution in [0, 0.1) is 28.1 Å². The molecule has 0 saturated heterocycles. The summed E-state index contributed by atoms with van der Waals surface area (Å²) in [4.78, 5) is 1.85. The zero-order chi connectivity index (χ0) is 14.9.